The molecule has 1 atom stereocenters. The third-order valence-corrected chi connectivity index (χ3v) is 4.54. The van der Waals surface area contributed by atoms with Crippen molar-refractivity contribution in [2.24, 2.45) is 5.73 Å². The van der Waals surface area contributed by atoms with Crippen LogP contribution in [-0.2, 0) is 11.3 Å². The van der Waals surface area contributed by atoms with Crippen LogP contribution in [0.5, 0.6) is 0 Å². The molecule has 1 aliphatic heterocycles. The second kappa shape index (κ2) is 7.05. The van der Waals surface area contributed by atoms with Crippen LogP contribution < -0.4 is 11.1 Å². The molecule has 1 saturated heterocycles. The number of nitrogens with two attached hydrogens (primary N) is 1. The van der Waals surface area contributed by atoms with Gasteiger partial charge >= 0.3 is 0 Å². The van der Waals surface area contributed by atoms with E-state index in [0.717, 1.165) is 37.9 Å². The largest absolute Gasteiger partial charge is 0.375 e. The summed E-state index contributed by atoms with van der Waals surface area (Å²) in [5.74, 6) is -0.0155. The molecule has 1 aromatic carbocycles. The Morgan fingerprint density at radius 3 is 2.86 bits per heavy atom. The molecule has 3 N–H and O–H groups in total. The van der Waals surface area contributed by atoms with Gasteiger partial charge in [0, 0.05) is 24.8 Å². The minimum atomic E-state index is -0.0741. The van der Waals surface area contributed by atoms with E-state index in [0.29, 0.717) is 12.1 Å². The van der Waals surface area contributed by atoms with Crippen molar-refractivity contribution in [3.8, 4) is 0 Å². The summed E-state index contributed by atoms with van der Waals surface area (Å²) in [4.78, 5) is 12.4. The topological polar surface area (TPSA) is 64.4 Å². The molecule has 0 saturated carbocycles. The van der Waals surface area contributed by atoms with E-state index in [9.17, 15) is 4.79 Å². The molecule has 1 amide bonds. The third-order valence-electron chi connectivity index (χ3n) is 4.54. The summed E-state index contributed by atoms with van der Waals surface area (Å²) in [6.07, 6.45) is 3.74. The van der Waals surface area contributed by atoms with Gasteiger partial charge in [-0.25, -0.2) is 0 Å². The van der Waals surface area contributed by atoms with Gasteiger partial charge in [0.25, 0.3) is 5.91 Å². The minimum Gasteiger partial charge on any atom is -0.375 e. The van der Waals surface area contributed by atoms with Crippen molar-refractivity contribution in [2.75, 3.05) is 6.61 Å². The van der Waals surface area contributed by atoms with Crippen LogP contribution in [0.4, 0.5) is 0 Å². The van der Waals surface area contributed by atoms with Crippen molar-refractivity contribution in [2.45, 2.75) is 57.7 Å². The van der Waals surface area contributed by atoms with Crippen LogP contribution in [0.15, 0.2) is 24.3 Å². The fraction of sp³-hybridized carbons (Fsp3) is 0.588. The summed E-state index contributed by atoms with van der Waals surface area (Å²) in [5, 5.41) is 3.15. The summed E-state index contributed by atoms with van der Waals surface area (Å²) in [6, 6.07) is 7.70. The van der Waals surface area contributed by atoms with E-state index in [1.54, 1.807) is 0 Å². The first-order chi connectivity index (χ1) is 10.1. The minimum absolute atomic E-state index is 0.0155. The second-order valence-corrected chi connectivity index (χ2v) is 5.81. The van der Waals surface area contributed by atoms with E-state index in [2.05, 4.69) is 19.2 Å². The van der Waals surface area contributed by atoms with Gasteiger partial charge in [-0.2, -0.15) is 0 Å². The van der Waals surface area contributed by atoms with Gasteiger partial charge in [0.05, 0.1) is 5.60 Å². The standard InChI is InChI=1S/C17H26N2O2/c1-3-17(4-2)11-15(8-9-21-17)19-16(20)14-7-5-6-13(10-14)12-18/h5-7,10,15H,3-4,8-9,11-12,18H2,1-2H3,(H,19,20). The predicted molar refractivity (Wildman–Crippen MR) is 84.1 cm³/mol. The maximum absolute atomic E-state index is 12.4. The molecule has 2 rings (SSSR count). The Bertz CT molecular complexity index is 483. The number of ether oxygens (including phenoxy) is 1. The van der Waals surface area contributed by atoms with E-state index in [4.69, 9.17) is 10.5 Å². The number of hydrogen-bond acceptors (Lipinski definition) is 3. The molecule has 116 valence electrons. The lowest BCUT2D eigenvalue weighted by molar-refractivity contribution is -0.0917. The number of carbonyl (C=O) groups excluding carboxylic acids is 1. The number of benzene rings is 1. The highest BCUT2D eigenvalue weighted by atomic mass is 16.5. The number of hydrogen-bond donors (Lipinski definition) is 2. The van der Waals surface area contributed by atoms with Crippen molar-refractivity contribution in [1.29, 1.82) is 0 Å². The molecule has 21 heavy (non-hydrogen) atoms. The van der Waals surface area contributed by atoms with Gasteiger partial charge in [0.2, 0.25) is 0 Å². The lowest BCUT2D eigenvalue weighted by Gasteiger charge is -2.40. The fourth-order valence-electron chi connectivity index (χ4n) is 3.00. The summed E-state index contributed by atoms with van der Waals surface area (Å²) < 4.78 is 5.95. The van der Waals surface area contributed by atoms with Gasteiger partial charge in [-0.3, -0.25) is 4.79 Å². The van der Waals surface area contributed by atoms with E-state index in [1.807, 2.05) is 24.3 Å². The summed E-state index contributed by atoms with van der Waals surface area (Å²) in [6.45, 7) is 5.47. The Balaban J connectivity index is 2.01. The molecule has 1 unspecified atom stereocenters. The molecule has 1 fully saturated rings. The average Bonchev–Trinajstić information content (AvgIpc) is 2.55. The number of amides is 1. The highest BCUT2D eigenvalue weighted by Gasteiger charge is 2.35. The zero-order valence-electron chi connectivity index (χ0n) is 13.0. The van der Waals surface area contributed by atoms with Crippen LogP contribution in [0, 0.1) is 0 Å². The van der Waals surface area contributed by atoms with Crippen molar-refractivity contribution in [3.63, 3.8) is 0 Å². The lowest BCUT2D eigenvalue weighted by atomic mass is 9.86. The Morgan fingerprint density at radius 1 is 1.43 bits per heavy atom. The molecule has 1 aliphatic rings. The van der Waals surface area contributed by atoms with E-state index in [-0.39, 0.29) is 17.6 Å². The Kier molecular flexibility index (Phi) is 5.37. The normalized spacial score (nSPS) is 21.0. The first-order valence-electron chi connectivity index (χ1n) is 7.86. The van der Waals surface area contributed by atoms with Crippen LogP contribution in [-0.4, -0.2) is 24.2 Å². The second-order valence-electron chi connectivity index (χ2n) is 5.81. The predicted octanol–water partition coefficient (Wildman–Crippen LogP) is 2.61. The SMILES string of the molecule is CCC1(CC)CC(NC(=O)c2cccc(CN)c2)CCO1. The maximum atomic E-state index is 12.4. The molecule has 4 heteroatoms. The first kappa shape index (κ1) is 16.0. The van der Waals surface area contributed by atoms with Crippen molar-refractivity contribution >= 4 is 5.91 Å². The van der Waals surface area contributed by atoms with Gasteiger partial charge in [-0.1, -0.05) is 26.0 Å². The van der Waals surface area contributed by atoms with Crippen molar-refractivity contribution in [3.05, 3.63) is 35.4 Å². The maximum Gasteiger partial charge on any atom is 0.251 e. The van der Waals surface area contributed by atoms with E-state index < -0.39 is 0 Å². The summed E-state index contributed by atoms with van der Waals surface area (Å²) in [5.41, 5.74) is 7.21. The Labute approximate surface area is 127 Å². The molecule has 0 bridgehead atoms. The summed E-state index contributed by atoms with van der Waals surface area (Å²) in [7, 11) is 0. The lowest BCUT2D eigenvalue weighted by Crippen LogP contribution is -2.48. The Hall–Kier alpha value is -1.39. The van der Waals surface area contributed by atoms with Crippen LogP contribution in [0.1, 0.15) is 55.5 Å². The van der Waals surface area contributed by atoms with Gasteiger partial charge in [-0.15, -0.1) is 0 Å². The van der Waals surface area contributed by atoms with E-state index in [1.165, 1.54) is 0 Å². The van der Waals surface area contributed by atoms with Crippen LogP contribution in [0.25, 0.3) is 0 Å². The zero-order chi connectivity index (χ0) is 15.3. The van der Waals surface area contributed by atoms with Gasteiger partial charge < -0.3 is 15.8 Å². The van der Waals surface area contributed by atoms with Gasteiger partial charge in [0.15, 0.2) is 0 Å². The highest BCUT2D eigenvalue weighted by Crippen LogP contribution is 2.31. The molecule has 0 aromatic heterocycles. The van der Waals surface area contributed by atoms with Crippen LogP contribution >= 0.6 is 0 Å². The van der Waals surface area contributed by atoms with Crippen molar-refractivity contribution < 1.29 is 9.53 Å². The molecule has 0 aliphatic carbocycles. The van der Waals surface area contributed by atoms with Crippen LogP contribution in [0.3, 0.4) is 0 Å². The first-order valence-corrected chi connectivity index (χ1v) is 7.86. The van der Waals surface area contributed by atoms with Gasteiger partial charge in [0.1, 0.15) is 0 Å². The molecular formula is C17H26N2O2. The average molecular weight is 290 g/mol. The summed E-state index contributed by atoms with van der Waals surface area (Å²) >= 11 is 0. The molecule has 1 aromatic rings. The van der Waals surface area contributed by atoms with E-state index >= 15 is 0 Å². The molecule has 0 spiro atoms. The molecule has 1 heterocycles. The molecule has 4 nitrogen and oxygen atoms in total. The molecular weight excluding hydrogens is 264 g/mol. The molecule has 0 radical (unpaired) electrons. The third kappa shape index (κ3) is 3.83. The highest BCUT2D eigenvalue weighted by molar-refractivity contribution is 5.94. The number of carbonyl (C=O) groups is 1. The van der Waals surface area contributed by atoms with Crippen molar-refractivity contribution in [1.82, 2.24) is 5.32 Å². The monoisotopic (exact) mass is 290 g/mol. The van der Waals surface area contributed by atoms with Crippen LogP contribution in [0.2, 0.25) is 0 Å². The Morgan fingerprint density at radius 2 is 2.19 bits per heavy atom. The number of rotatable bonds is 5. The number of nitrogens with one attached hydrogen (secondary N) is 1. The fourth-order valence-corrected chi connectivity index (χ4v) is 3.00. The zero-order valence-corrected chi connectivity index (χ0v) is 13.0. The smallest absolute Gasteiger partial charge is 0.251 e. The quantitative estimate of drug-likeness (QED) is 0.876. The van der Waals surface area contributed by atoms with Gasteiger partial charge in [-0.05, 0) is 43.4 Å².